The van der Waals surface area contributed by atoms with Crippen LogP contribution in [0.2, 0.25) is 0 Å². The molecule has 0 nitrogen and oxygen atoms in total. The molecule has 4 radical (unpaired) electrons. The summed E-state index contributed by atoms with van der Waals surface area (Å²) in [5.41, 5.74) is -0.250. The Morgan fingerprint density at radius 3 is 1.40 bits per heavy atom. The number of hydrogen-bond donors (Lipinski definition) is 0. The summed E-state index contributed by atoms with van der Waals surface area (Å²) >= 11 is 0. The van der Waals surface area contributed by atoms with E-state index in [0.717, 1.165) is 12.8 Å². The van der Waals surface area contributed by atoms with E-state index < -0.39 is 0 Å². The van der Waals surface area contributed by atoms with E-state index in [1.54, 1.807) is 0 Å². The lowest BCUT2D eigenvalue weighted by molar-refractivity contribution is 0.847. The van der Waals surface area contributed by atoms with Crippen LogP contribution >= 0.6 is 0 Å². The summed E-state index contributed by atoms with van der Waals surface area (Å²) in [5.74, 6) is 0. The van der Waals surface area contributed by atoms with Crippen LogP contribution in [0.4, 0.5) is 0 Å². The Morgan fingerprint density at radius 2 is 1.40 bits per heavy atom. The van der Waals surface area contributed by atoms with E-state index in [1.807, 2.05) is 0 Å². The lowest BCUT2D eigenvalue weighted by atomic mass is 10.2. The quantitative estimate of drug-likeness (QED) is 0.398. The van der Waals surface area contributed by atoms with Crippen LogP contribution in [0.15, 0.2) is 0 Å². The molecule has 26 valence electrons. The van der Waals surface area contributed by atoms with E-state index >= 15 is 0 Å². The zero-order valence-corrected chi connectivity index (χ0v) is 3.07. The van der Waals surface area contributed by atoms with Gasteiger partial charge in [-0.3, -0.25) is 0 Å². The average molecular weight is 66.1 g/mol. The van der Waals surface area contributed by atoms with Crippen LogP contribution in [0.3, 0.4) is 0 Å². The molecule has 1 fully saturated rings. The maximum absolute atomic E-state index is 5.24. The van der Waals surface area contributed by atoms with Gasteiger partial charge in [-0.25, -0.2) is 0 Å². The molecule has 0 aliphatic heterocycles. The fraction of sp³-hybridized carbons (Fsp3) is 0.600. The van der Waals surface area contributed by atoms with Gasteiger partial charge in [-0.15, -0.1) is 0 Å². The fourth-order valence-corrected chi connectivity index (χ4v) is 0.144. The van der Waals surface area contributed by atoms with E-state index in [4.69, 9.17) is 13.8 Å². The van der Waals surface area contributed by atoms with Crippen LogP contribution in [-0.2, 0) is 0 Å². The van der Waals surface area contributed by atoms with Crippen LogP contribution < -0.4 is 0 Å². The van der Waals surface area contributed by atoms with Crippen molar-refractivity contribution >= 4 is 0 Å². The second-order valence-electron chi connectivity index (χ2n) is 1.73. The van der Waals surface area contributed by atoms with Gasteiger partial charge in [0.1, 0.15) is 0 Å². The van der Waals surface area contributed by atoms with Crippen molar-refractivity contribution in [1.29, 1.82) is 0 Å². The second-order valence-corrected chi connectivity index (χ2v) is 1.73. The number of hydrogen-bond acceptors (Lipinski definition) is 0. The van der Waals surface area contributed by atoms with Gasteiger partial charge < -0.3 is 0 Å². The minimum atomic E-state index is -0.250. The molecule has 0 N–H and O–H groups in total. The highest BCUT2D eigenvalue weighted by molar-refractivity contribution is 4.97. The van der Waals surface area contributed by atoms with Gasteiger partial charge in [0.05, 0.1) is 0 Å². The molecule has 0 atom stereocenters. The van der Waals surface area contributed by atoms with Gasteiger partial charge >= 0.3 is 0 Å². The lowest BCUT2D eigenvalue weighted by Crippen LogP contribution is -1.77. The first-order valence-corrected chi connectivity index (χ1v) is 1.78. The summed E-state index contributed by atoms with van der Waals surface area (Å²) in [5, 5.41) is 0. The third kappa shape index (κ3) is 0.640. The fourth-order valence-electron chi connectivity index (χ4n) is 0.144. The Bertz CT molecular complexity index is 38.0. The predicted molar refractivity (Wildman–Crippen MR) is 20.3 cm³/mol. The maximum atomic E-state index is 5.24. The van der Waals surface area contributed by atoms with Crippen LogP contribution in [0.5, 0.6) is 0 Å². The average Bonchev–Trinajstić information content (AvgIpc) is 1.76. The van der Waals surface area contributed by atoms with Crippen LogP contribution in [0.1, 0.15) is 12.8 Å². The molecule has 5 heavy (non-hydrogen) atoms. The Labute approximate surface area is 33.2 Å². The van der Waals surface area contributed by atoms with Crippen LogP contribution in [0.25, 0.3) is 0 Å². The van der Waals surface area contributed by atoms with Gasteiger partial charge in [0.15, 0.2) is 0 Å². The lowest BCUT2D eigenvalue weighted by Gasteiger charge is -1.84. The highest BCUT2D eigenvalue weighted by Gasteiger charge is 2.31. The summed E-state index contributed by atoms with van der Waals surface area (Å²) in [6.45, 7) is 10.5. The van der Waals surface area contributed by atoms with Crippen molar-refractivity contribution in [1.82, 2.24) is 0 Å². The Morgan fingerprint density at radius 1 is 1.20 bits per heavy atom. The SMILES string of the molecule is [CH]C1([CH])CC1. The van der Waals surface area contributed by atoms with Crippen LogP contribution in [-0.4, -0.2) is 0 Å². The Hall–Kier alpha value is 0. The van der Waals surface area contributed by atoms with Crippen molar-refractivity contribution in [3.8, 4) is 0 Å². The summed E-state index contributed by atoms with van der Waals surface area (Å²) in [4.78, 5) is 0. The van der Waals surface area contributed by atoms with Gasteiger partial charge in [0.25, 0.3) is 0 Å². The molecule has 1 aliphatic carbocycles. The van der Waals surface area contributed by atoms with E-state index in [9.17, 15) is 0 Å². The highest BCUT2D eigenvalue weighted by Crippen LogP contribution is 2.42. The molecule has 0 bridgehead atoms. The smallest absolute Gasteiger partial charge is 0.0229 e. The van der Waals surface area contributed by atoms with E-state index in [-0.39, 0.29) is 5.41 Å². The van der Waals surface area contributed by atoms with E-state index in [2.05, 4.69) is 0 Å². The topological polar surface area (TPSA) is 0 Å². The molecule has 0 spiro atoms. The first-order chi connectivity index (χ1) is 2.21. The zero-order valence-electron chi connectivity index (χ0n) is 3.07. The summed E-state index contributed by atoms with van der Waals surface area (Å²) in [6, 6.07) is 0. The second kappa shape index (κ2) is 0.562. The number of rotatable bonds is 0. The first-order valence-electron chi connectivity index (χ1n) is 1.78. The van der Waals surface area contributed by atoms with Crippen molar-refractivity contribution in [2.24, 2.45) is 5.41 Å². The molecule has 0 amide bonds. The predicted octanol–water partition coefficient (Wildman–Crippen LogP) is 1.19. The van der Waals surface area contributed by atoms with E-state index in [1.165, 1.54) is 0 Å². The van der Waals surface area contributed by atoms with E-state index in [0.29, 0.717) is 0 Å². The maximum Gasteiger partial charge on any atom is -0.0229 e. The summed E-state index contributed by atoms with van der Waals surface area (Å²) < 4.78 is 0. The molecular formula is C5H6. The monoisotopic (exact) mass is 66.0 g/mol. The molecule has 1 aliphatic rings. The third-order valence-electron chi connectivity index (χ3n) is 0.827. The summed E-state index contributed by atoms with van der Waals surface area (Å²) in [6.07, 6.45) is 2.01. The summed E-state index contributed by atoms with van der Waals surface area (Å²) in [7, 11) is 0. The molecule has 0 heteroatoms. The first kappa shape index (κ1) is 3.20. The molecule has 0 heterocycles. The molecule has 1 saturated carbocycles. The molecule has 1 rings (SSSR count). The van der Waals surface area contributed by atoms with Crippen molar-refractivity contribution in [2.45, 2.75) is 12.8 Å². The van der Waals surface area contributed by atoms with Gasteiger partial charge in [0, 0.05) is 0 Å². The van der Waals surface area contributed by atoms with Gasteiger partial charge in [-0.1, -0.05) is 0 Å². The van der Waals surface area contributed by atoms with Gasteiger partial charge in [0.2, 0.25) is 0 Å². The van der Waals surface area contributed by atoms with Crippen LogP contribution in [0, 0.1) is 19.3 Å². The minimum Gasteiger partial charge on any atom is -0.0465 e. The minimum absolute atomic E-state index is 0.250. The molecule has 0 aromatic heterocycles. The molecule has 0 unspecified atom stereocenters. The van der Waals surface area contributed by atoms with Crippen molar-refractivity contribution < 1.29 is 0 Å². The Kier molecular flexibility index (Phi) is 0.360. The zero-order chi connectivity index (χ0) is 3.91. The van der Waals surface area contributed by atoms with Crippen molar-refractivity contribution in [3.63, 3.8) is 0 Å². The molecule has 0 aromatic carbocycles. The Balaban J connectivity index is 2.38. The van der Waals surface area contributed by atoms with Crippen molar-refractivity contribution in [3.05, 3.63) is 13.8 Å². The molecular weight excluding hydrogens is 60.1 g/mol. The van der Waals surface area contributed by atoms with Gasteiger partial charge in [-0.2, -0.15) is 0 Å². The highest BCUT2D eigenvalue weighted by atomic mass is 14.4. The normalized spacial score (nSPS) is 30.0. The largest absolute Gasteiger partial charge is 0.0465 e. The standard InChI is InChI=1S/C5H6/c1-5(2)3-4-5/h1-2H,3-4H2. The molecule has 0 aromatic rings. The third-order valence-corrected chi connectivity index (χ3v) is 0.827. The molecule has 0 saturated heterocycles. The van der Waals surface area contributed by atoms with Gasteiger partial charge in [-0.05, 0) is 32.1 Å². The van der Waals surface area contributed by atoms with Crippen molar-refractivity contribution in [2.75, 3.05) is 0 Å².